The summed E-state index contributed by atoms with van der Waals surface area (Å²) < 4.78 is 7.10. The third-order valence-electron chi connectivity index (χ3n) is 3.04. The van der Waals surface area contributed by atoms with Crippen LogP contribution in [0.25, 0.3) is 0 Å². The summed E-state index contributed by atoms with van der Waals surface area (Å²) in [4.78, 5) is 0. The Morgan fingerprint density at radius 3 is 1.73 bits per heavy atom. The molecule has 3 heteroatoms. The zero-order valence-electron chi connectivity index (χ0n) is 11.6. The minimum absolute atomic E-state index is 0.731. The summed E-state index contributed by atoms with van der Waals surface area (Å²) in [5.41, 5.74) is 1.59. The molecule has 0 aromatic rings. The van der Waals surface area contributed by atoms with E-state index in [1.807, 2.05) is 7.11 Å². The molecule has 0 amide bonds. The number of hydrogen-bond donors (Lipinski definition) is 0. The summed E-state index contributed by atoms with van der Waals surface area (Å²) in [6, 6.07) is 0. The van der Waals surface area contributed by atoms with Gasteiger partial charge in [-0.15, -0.1) is 0 Å². The molecule has 0 unspecified atom stereocenters. The topological polar surface area (TPSA) is 9.23 Å². The van der Waals surface area contributed by atoms with E-state index < -0.39 is 13.3 Å². The van der Waals surface area contributed by atoms with E-state index in [-0.39, 0.29) is 0 Å². The van der Waals surface area contributed by atoms with Crippen LogP contribution in [0.3, 0.4) is 0 Å². The molecule has 0 radical (unpaired) electrons. The van der Waals surface area contributed by atoms with Crippen molar-refractivity contribution in [1.29, 1.82) is 0 Å². The van der Waals surface area contributed by atoms with Crippen molar-refractivity contribution in [2.45, 2.75) is 57.1 Å². The van der Waals surface area contributed by atoms with Crippen molar-refractivity contribution in [3.63, 3.8) is 0 Å². The predicted octanol–water partition coefficient (Wildman–Crippen LogP) is 4.25. The van der Waals surface area contributed by atoms with Gasteiger partial charge < -0.3 is 0 Å². The first-order chi connectivity index (χ1) is 6.92. The van der Waals surface area contributed by atoms with Crippen molar-refractivity contribution in [3.8, 4) is 0 Å². The van der Waals surface area contributed by atoms with Crippen molar-refractivity contribution in [2.24, 2.45) is 0 Å². The fraction of sp³-hybridized carbons (Fsp3) is 0.833. The molecule has 0 heterocycles. The van der Waals surface area contributed by atoms with Gasteiger partial charge in [0.2, 0.25) is 0 Å². The Hall–Kier alpha value is 0.148. The van der Waals surface area contributed by atoms with Gasteiger partial charge in [-0.25, -0.2) is 0 Å². The van der Waals surface area contributed by atoms with Crippen LogP contribution < -0.4 is 0 Å². The SMILES string of the molecule is CCB(CC)/C(CC)=[C](\OC)[Ge]([CH3])([CH3])[CH3]. The second-order valence-electron chi connectivity index (χ2n) is 5.18. The van der Waals surface area contributed by atoms with Gasteiger partial charge in [0.05, 0.1) is 0 Å². The van der Waals surface area contributed by atoms with Crippen LogP contribution in [0.1, 0.15) is 27.2 Å². The van der Waals surface area contributed by atoms with E-state index in [2.05, 4.69) is 38.0 Å². The van der Waals surface area contributed by atoms with Crippen LogP contribution >= 0.6 is 0 Å². The molecule has 0 bridgehead atoms. The standard InChI is InChI=1S/C12H27BGeO/c1-8-11(13(9-2)10-3)12(15-7)14(4,5)6/h8-10H2,1-7H3/b12-11-. The Labute approximate surface area is 99.1 Å². The van der Waals surface area contributed by atoms with Crippen LogP contribution in [0, 0.1) is 0 Å². The molecule has 0 saturated heterocycles. The van der Waals surface area contributed by atoms with Crippen LogP contribution in [0.5, 0.6) is 0 Å². The van der Waals surface area contributed by atoms with Crippen molar-refractivity contribution in [3.05, 3.63) is 10.1 Å². The molecule has 1 nitrogen and oxygen atoms in total. The van der Waals surface area contributed by atoms with Crippen LogP contribution in [0.2, 0.25) is 29.9 Å². The Morgan fingerprint density at radius 1 is 1.07 bits per heavy atom. The average molecular weight is 271 g/mol. The zero-order chi connectivity index (χ0) is 12.1. The third-order valence-corrected chi connectivity index (χ3v) is 7.00. The second kappa shape index (κ2) is 6.67. The van der Waals surface area contributed by atoms with Gasteiger partial charge in [-0.1, -0.05) is 0 Å². The van der Waals surface area contributed by atoms with Crippen molar-refractivity contribution in [2.75, 3.05) is 7.11 Å². The molecule has 0 aliphatic heterocycles. The number of ether oxygens (including phenoxy) is 1. The van der Waals surface area contributed by atoms with Gasteiger partial charge in [0.15, 0.2) is 0 Å². The molecule has 0 aromatic heterocycles. The van der Waals surface area contributed by atoms with Gasteiger partial charge in [0, 0.05) is 0 Å². The molecule has 0 aromatic carbocycles. The van der Waals surface area contributed by atoms with E-state index in [1.54, 1.807) is 5.47 Å². The maximum absolute atomic E-state index is 5.72. The molecule has 0 rings (SSSR count). The summed E-state index contributed by atoms with van der Waals surface area (Å²) >= 11 is -1.81. The molecule has 0 aliphatic carbocycles. The van der Waals surface area contributed by atoms with Gasteiger partial charge in [-0.2, -0.15) is 0 Å². The number of hydrogen-bond acceptors (Lipinski definition) is 1. The van der Waals surface area contributed by atoms with E-state index in [4.69, 9.17) is 4.74 Å². The summed E-state index contributed by atoms with van der Waals surface area (Å²) in [7, 11) is 1.85. The van der Waals surface area contributed by atoms with Crippen LogP contribution in [0.15, 0.2) is 10.1 Å². The molecule has 15 heavy (non-hydrogen) atoms. The van der Waals surface area contributed by atoms with Crippen molar-refractivity contribution < 1.29 is 4.74 Å². The van der Waals surface area contributed by atoms with E-state index in [0.717, 1.165) is 13.1 Å². The second-order valence-corrected chi connectivity index (χ2v) is 15.6. The minimum atomic E-state index is -1.81. The number of methoxy groups -OCH3 is 1. The summed E-state index contributed by atoms with van der Waals surface area (Å²) in [6.45, 7) is 7.56. The molecular formula is C12H27BGeO. The Kier molecular flexibility index (Phi) is 6.74. The van der Waals surface area contributed by atoms with Crippen molar-refractivity contribution >= 4 is 20.0 Å². The normalized spacial score (nSPS) is 13.5. The molecule has 0 fully saturated rings. The van der Waals surface area contributed by atoms with E-state index >= 15 is 0 Å². The van der Waals surface area contributed by atoms with E-state index in [9.17, 15) is 0 Å². The quantitative estimate of drug-likeness (QED) is 0.518. The van der Waals surface area contributed by atoms with Gasteiger partial charge >= 0.3 is 99.0 Å². The van der Waals surface area contributed by atoms with Gasteiger partial charge in [0.25, 0.3) is 0 Å². The first-order valence-corrected chi connectivity index (χ1v) is 13.5. The third kappa shape index (κ3) is 4.26. The molecule has 0 aliphatic rings. The van der Waals surface area contributed by atoms with Gasteiger partial charge in [-0.3, -0.25) is 0 Å². The fourth-order valence-corrected chi connectivity index (χ4v) is 6.44. The predicted molar refractivity (Wildman–Crippen MR) is 74.4 cm³/mol. The van der Waals surface area contributed by atoms with Gasteiger partial charge in [-0.05, 0) is 0 Å². The summed E-state index contributed by atoms with van der Waals surface area (Å²) in [5.74, 6) is 7.24. The number of rotatable bonds is 6. The number of allylic oxidation sites excluding steroid dienone is 1. The maximum atomic E-state index is 5.72. The van der Waals surface area contributed by atoms with Gasteiger partial charge in [0.1, 0.15) is 0 Å². The monoisotopic (exact) mass is 272 g/mol. The average Bonchev–Trinajstić information content (AvgIpc) is 2.16. The van der Waals surface area contributed by atoms with E-state index in [0.29, 0.717) is 0 Å². The molecule has 0 saturated carbocycles. The summed E-state index contributed by atoms with van der Waals surface area (Å²) in [5, 5.41) is 0. The zero-order valence-corrected chi connectivity index (χ0v) is 13.7. The molecule has 0 N–H and O–H groups in total. The van der Waals surface area contributed by atoms with Crippen molar-refractivity contribution in [1.82, 2.24) is 0 Å². The molecule has 0 atom stereocenters. The first kappa shape index (κ1) is 15.1. The Balaban J connectivity index is 5.23. The van der Waals surface area contributed by atoms with Crippen LogP contribution in [0.4, 0.5) is 0 Å². The summed E-state index contributed by atoms with van der Waals surface area (Å²) in [6.07, 6.45) is 3.63. The Morgan fingerprint density at radius 2 is 1.53 bits per heavy atom. The molecule has 0 spiro atoms. The van der Waals surface area contributed by atoms with Crippen LogP contribution in [-0.4, -0.2) is 27.1 Å². The van der Waals surface area contributed by atoms with Crippen LogP contribution in [-0.2, 0) is 4.74 Å². The first-order valence-electron chi connectivity index (χ1n) is 6.19. The Bertz CT molecular complexity index is 214. The van der Waals surface area contributed by atoms with E-state index in [1.165, 1.54) is 17.2 Å². The molecule has 88 valence electrons. The molecular weight excluding hydrogens is 244 g/mol. The fourth-order valence-electron chi connectivity index (χ4n) is 2.34.